The largest absolute Gasteiger partial charge is 0.480 e. The Morgan fingerprint density at radius 2 is 1.42 bits per heavy atom. The molecule has 24 heavy (non-hydrogen) atoms. The molecular weight excluding hydrogens is 324 g/mol. The third-order valence-corrected chi connectivity index (χ3v) is 2.82. The monoisotopic (exact) mass is 348 g/mol. The van der Waals surface area contributed by atoms with E-state index < -0.39 is 37.1 Å². The zero-order valence-corrected chi connectivity index (χ0v) is 13.3. The fourth-order valence-corrected chi connectivity index (χ4v) is 1.94. The average molecular weight is 348 g/mol. The number of nitrogens with zero attached hydrogens (tertiary/aromatic N) is 2. The summed E-state index contributed by atoms with van der Waals surface area (Å²) >= 11 is 0. The lowest BCUT2D eigenvalue weighted by Crippen LogP contribution is -2.44. The molecule has 0 radical (unpaired) electrons. The molecule has 0 aromatic heterocycles. The molecule has 0 heterocycles. The SMILES string of the molecule is C=CCOCC(O)CN(CCN(CC(=O)O)CC(=O)O)CC(=O)O. The molecule has 10 nitrogen and oxygen atoms in total. The van der Waals surface area contributed by atoms with E-state index in [1.807, 2.05) is 0 Å². The molecule has 0 aromatic rings. The summed E-state index contributed by atoms with van der Waals surface area (Å²) in [5, 5.41) is 36.2. The summed E-state index contributed by atoms with van der Waals surface area (Å²) in [7, 11) is 0. The lowest BCUT2D eigenvalue weighted by molar-refractivity contribution is -0.143. The first-order valence-electron chi connectivity index (χ1n) is 7.21. The van der Waals surface area contributed by atoms with Gasteiger partial charge in [-0.3, -0.25) is 24.2 Å². The van der Waals surface area contributed by atoms with E-state index in [1.165, 1.54) is 15.9 Å². The van der Waals surface area contributed by atoms with Gasteiger partial charge in [0.15, 0.2) is 0 Å². The van der Waals surface area contributed by atoms with Gasteiger partial charge in [0.2, 0.25) is 0 Å². The third-order valence-electron chi connectivity index (χ3n) is 2.82. The van der Waals surface area contributed by atoms with E-state index >= 15 is 0 Å². The first-order valence-corrected chi connectivity index (χ1v) is 7.21. The Balaban J connectivity index is 4.56. The van der Waals surface area contributed by atoms with Gasteiger partial charge in [0.1, 0.15) is 0 Å². The molecular formula is C14H24N2O8. The fraction of sp³-hybridized carbons (Fsp3) is 0.643. The van der Waals surface area contributed by atoms with E-state index in [2.05, 4.69) is 6.58 Å². The van der Waals surface area contributed by atoms with Crippen LogP contribution in [0.2, 0.25) is 0 Å². The highest BCUT2D eigenvalue weighted by Gasteiger charge is 2.18. The van der Waals surface area contributed by atoms with Crippen LogP contribution in [0.4, 0.5) is 0 Å². The van der Waals surface area contributed by atoms with Gasteiger partial charge in [-0.15, -0.1) is 6.58 Å². The number of ether oxygens (including phenoxy) is 1. The van der Waals surface area contributed by atoms with Gasteiger partial charge < -0.3 is 25.2 Å². The van der Waals surface area contributed by atoms with Gasteiger partial charge in [0.25, 0.3) is 0 Å². The van der Waals surface area contributed by atoms with Crippen molar-refractivity contribution in [1.82, 2.24) is 9.80 Å². The van der Waals surface area contributed by atoms with E-state index in [9.17, 15) is 19.5 Å². The number of rotatable bonds is 15. The molecule has 0 saturated carbocycles. The Bertz CT molecular complexity index is 413. The predicted octanol–water partition coefficient (Wildman–Crippen LogP) is -1.59. The van der Waals surface area contributed by atoms with Crippen LogP contribution in [0.5, 0.6) is 0 Å². The Hall–Kier alpha value is -2.01. The number of aliphatic carboxylic acids is 3. The first kappa shape index (κ1) is 22.0. The van der Waals surface area contributed by atoms with E-state index in [4.69, 9.17) is 20.1 Å². The summed E-state index contributed by atoms with van der Waals surface area (Å²) < 4.78 is 5.07. The molecule has 0 rings (SSSR count). The van der Waals surface area contributed by atoms with Gasteiger partial charge >= 0.3 is 17.9 Å². The standard InChI is InChI=1S/C14H24N2O8/c1-2-5-24-10-11(17)6-15(7-12(18)19)3-4-16(8-13(20)21)9-14(22)23/h2,11,17H,1,3-10H2,(H,18,19)(H,20,21)(H,22,23). The van der Waals surface area contributed by atoms with Crippen molar-refractivity contribution in [2.24, 2.45) is 0 Å². The van der Waals surface area contributed by atoms with Crippen LogP contribution in [0.3, 0.4) is 0 Å². The van der Waals surface area contributed by atoms with Crippen LogP contribution < -0.4 is 0 Å². The Morgan fingerprint density at radius 3 is 1.88 bits per heavy atom. The molecule has 0 fully saturated rings. The number of hydrogen-bond acceptors (Lipinski definition) is 7. The molecule has 0 saturated heterocycles. The number of aliphatic hydroxyl groups excluding tert-OH is 1. The Kier molecular flexibility index (Phi) is 11.4. The minimum atomic E-state index is -1.18. The van der Waals surface area contributed by atoms with Crippen LogP contribution in [0, 0.1) is 0 Å². The van der Waals surface area contributed by atoms with Gasteiger partial charge in [-0.25, -0.2) is 0 Å². The quantitative estimate of drug-likeness (QED) is 0.201. The van der Waals surface area contributed by atoms with Crippen LogP contribution >= 0.6 is 0 Å². The average Bonchev–Trinajstić information content (AvgIpc) is 2.43. The van der Waals surface area contributed by atoms with E-state index in [0.717, 1.165) is 0 Å². The van der Waals surface area contributed by atoms with Gasteiger partial charge in [0, 0.05) is 19.6 Å². The van der Waals surface area contributed by atoms with Gasteiger partial charge in [-0.1, -0.05) is 6.08 Å². The van der Waals surface area contributed by atoms with Gasteiger partial charge in [-0.2, -0.15) is 0 Å². The van der Waals surface area contributed by atoms with E-state index in [-0.39, 0.29) is 39.4 Å². The highest BCUT2D eigenvalue weighted by atomic mass is 16.5. The number of aliphatic hydroxyl groups is 1. The molecule has 0 aliphatic rings. The Morgan fingerprint density at radius 1 is 0.958 bits per heavy atom. The maximum atomic E-state index is 10.9. The molecule has 0 spiro atoms. The molecule has 10 heteroatoms. The lowest BCUT2D eigenvalue weighted by Gasteiger charge is -2.26. The van der Waals surface area contributed by atoms with Crippen LogP contribution in [0.1, 0.15) is 0 Å². The molecule has 138 valence electrons. The van der Waals surface area contributed by atoms with Crippen molar-refractivity contribution in [1.29, 1.82) is 0 Å². The summed E-state index contributed by atoms with van der Waals surface area (Å²) in [6.45, 7) is 2.51. The van der Waals surface area contributed by atoms with E-state index in [0.29, 0.717) is 0 Å². The molecule has 0 bridgehead atoms. The maximum absolute atomic E-state index is 10.9. The normalized spacial score (nSPS) is 12.3. The zero-order chi connectivity index (χ0) is 18.5. The number of carbonyl (C=O) groups is 3. The maximum Gasteiger partial charge on any atom is 0.317 e. The molecule has 0 aromatic carbocycles. The second kappa shape index (κ2) is 12.4. The summed E-state index contributed by atoms with van der Waals surface area (Å²) in [4.78, 5) is 34.9. The number of hydrogen-bond donors (Lipinski definition) is 4. The molecule has 0 aliphatic carbocycles. The minimum absolute atomic E-state index is 0.00255. The predicted molar refractivity (Wildman–Crippen MR) is 82.8 cm³/mol. The molecule has 0 aliphatic heterocycles. The van der Waals surface area contributed by atoms with Crippen molar-refractivity contribution in [3.8, 4) is 0 Å². The van der Waals surface area contributed by atoms with Crippen molar-refractivity contribution in [3.63, 3.8) is 0 Å². The third kappa shape index (κ3) is 12.5. The lowest BCUT2D eigenvalue weighted by atomic mass is 10.3. The molecule has 4 N–H and O–H groups in total. The molecule has 1 unspecified atom stereocenters. The first-order chi connectivity index (χ1) is 11.2. The zero-order valence-electron chi connectivity index (χ0n) is 13.3. The molecule has 0 amide bonds. The summed E-state index contributed by atoms with van der Waals surface area (Å²) in [5.41, 5.74) is 0. The summed E-state index contributed by atoms with van der Waals surface area (Å²) in [5.74, 6) is -3.48. The topological polar surface area (TPSA) is 148 Å². The highest BCUT2D eigenvalue weighted by molar-refractivity contribution is 5.72. The van der Waals surface area contributed by atoms with Crippen molar-refractivity contribution in [2.45, 2.75) is 6.10 Å². The summed E-state index contributed by atoms with van der Waals surface area (Å²) in [6.07, 6.45) is 0.578. The van der Waals surface area contributed by atoms with Crippen molar-refractivity contribution in [3.05, 3.63) is 12.7 Å². The minimum Gasteiger partial charge on any atom is -0.480 e. The highest BCUT2D eigenvalue weighted by Crippen LogP contribution is 1.98. The van der Waals surface area contributed by atoms with Crippen molar-refractivity contribution >= 4 is 17.9 Å². The van der Waals surface area contributed by atoms with Crippen LogP contribution in [-0.4, -0.2) is 107 Å². The second-order valence-electron chi connectivity index (χ2n) is 5.11. The van der Waals surface area contributed by atoms with Crippen LogP contribution in [-0.2, 0) is 19.1 Å². The number of carboxylic acid groups (broad SMARTS) is 3. The van der Waals surface area contributed by atoms with Crippen LogP contribution in [0.15, 0.2) is 12.7 Å². The molecule has 1 atom stereocenters. The van der Waals surface area contributed by atoms with Crippen molar-refractivity contribution < 1.29 is 39.5 Å². The van der Waals surface area contributed by atoms with Crippen molar-refractivity contribution in [2.75, 3.05) is 52.5 Å². The Labute approximate surface area is 139 Å². The fourth-order valence-electron chi connectivity index (χ4n) is 1.94. The van der Waals surface area contributed by atoms with Gasteiger partial charge in [0.05, 0.1) is 39.0 Å². The van der Waals surface area contributed by atoms with Gasteiger partial charge in [-0.05, 0) is 0 Å². The second-order valence-corrected chi connectivity index (χ2v) is 5.11. The summed E-state index contributed by atoms with van der Waals surface area (Å²) in [6, 6.07) is 0. The smallest absolute Gasteiger partial charge is 0.317 e. The van der Waals surface area contributed by atoms with E-state index in [1.54, 1.807) is 0 Å². The number of carboxylic acids is 3. The van der Waals surface area contributed by atoms with Crippen LogP contribution in [0.25, 0.3) is 0 Å².